The average Bonchev–Trinajstić information content (AvgIpc) is 3.34. The number of fused-ring (bicyclic) bond motifs is 1. The fraction of sp³-hybridized carbons (Fsp3) is 0.500. The number of nitrogens with zero attached hydrogens (tertiary/aromatic N) is 2. The quantitative estimate of drug-likeness (QED) is 0.214. The fourth-order valence-electron chi connectivity index (χ4n) is 5.33. The summed E-state index contributed by atoms with van der Waals surface area (Å²) in [6.45, 7) is 4.71. The molecule has 0 radical (unpaired) electrons. The third kappa shape index (κ3) is 7.62. The number of ether oxygens (including phenoxy) is 2. The Kier molecular flexibility index (Phi) is 10.2. The lowest BCUT2D eigenvalue weighted by Crippen LogP contribution is -2.63. The Morgan fingerprint density at radius 1 is 0.902 bits per heavy atom. The summed E-state index contributed by atoms with van der Waals surface area (Å²) in [5.74, 6) is -17.8. The number of piperidine rings is 1. The topological polar surface area (TPSA) is 140 Å². The molecular formula is C30H29F9N2O9S. The van der Waals surface area contributed by atoms with Gasteiger partial charge < -0.3 is 23.7 Å². The van der Waals surface area contributed by atoms with Crippen molar-refractivity contribution in [3.8, 4) is 11.5 Å². The van der Waals surface area contributed by atoms with Gasteiger partial charge in [0.25, 0.3) is 5.91 Å². The van der Waals surface area contributed by atoms with Crippen molar-refractivity contribution < 1.29 is 81.1 Å². The van der Waals surface area contributed by atoms with Crippen molar-refractivity contribution in [2.24, 2.45) is 5.92 Å². The van der Waals surface area contributed by atoms with E-state index in [0.29, 0.717) is 28.2 Å². The van der Waals surface area contributed by atoms with Gasteiger partial charge in [0.1, 0.15) is 17.1 Å². The first-order valence-corrected chi connectivity index (χ1v) is 16.1. The van der Waals surface area contributed by atoms with Crippen LogP contribution in [0.4, 0.5) is 49.1 Å². The summed E-state index contributed by atoms with van der Waals surface area (Å²) in [7, 11) is -7.15. The molecule has 282 valence electrons. The Morgan fingerprint density at radius 3 is 2.04 bits per heavy atom. The zero-order valence-corrected chi connectivity index (χ0v) is 27.5. The van der Waals surface area contributed by atoms with Crippen molar-refractivity contribution in [2.45, 2.75) is 68.5 Å². The molecule has 0 unspecified atom stereocenters. The third-order valence-electron chi connectivity index (χ3n) is 7.91. The maximum atomic E-state index is 14.1. The number of halogens is 9. The van der Waals surface area contributed by atoms with Gasteiger partial charge in [-0.3, -0.25) is 4.79 Å². The number of amides is 3. The van der Waals surface area contributed by atoms with E-state index < -0.39 is 74.7 Å². The Balaban J connectivity index is 1.56. The Bertz CT molecular complexity index is 1780. The molecule has 4 rings (SSSR count). The number of hydrogen-bond donors (Lipinski definition) is 1. The first-order valence-electron chi connectivity index (χ1n) is 14.7. The zero-order valence-electron chi connectivity index (χ0n) is 26.6. The van der Waals surface area contributed by atoms with Crippen LogP contribution in [0.3, 0.4) is 0 Å². The highest BCUT2D eigenvalue weighted by atomic mass is 32.2. The second-order valence-corrected chi connectivity index (χ2v) is 14.2. The lowest BCUT2D eigenvalue weighted by Gasteiger charge is -2.39. The number of carbonyl (C=O) groups excluding carboxylic acids is 2. The van der Waals surface area contributed by atoms with Gasteiger partial charge in [0, 0.05) is 24.6 Å². The van der Waals surface area contributed by atoms with Crippen LogP contribution in [-0.4, -0.2) is 90.0 Å². The van der Waals surface area contributed by atoms with E-state index in [4.69, 9.17) is 9.47 Å². The van der Waals surface area contributed by atoms with E-state index in [9.17, 15) is 67.4 Å². The van der Waals surface area contributed by atoms with E-state index in [1.54, 1.807) is 20.8 Å². The van der Waals surface area contributed by atoms with E-state index in [1.165, 1.54) is 23.1 Å². The highest BCUT2D eigenvalue weighted by Gasteiger charge is 2.86. The van der Waals surface area contributed by atoms with Crippen LogP contribution in [0, 0.1) is 5.92 Å². The number of imide groups is 1. The molecule has 1 saturated heterocycles. The van der Waals surface area contributed by atoms with E-state index in [-0.39, 0.29) is 44.0 Å². The van der Waals surface area contributed by atoms with Crippen LogP contribution >= 0.6 is 0 Å². The van der Waals surface area contributed by atoms with Crippen LogP contribution in [-0.2, 0) is 21.4 Å². The normalized spacial score (nSPS) is 19.1. The standard InChI is InChI=1S/C30H29F9N2O9S/c1-26(2,3)49-25(45)40-11-10-21(18(13-40)15-48-20-9-6-17-14-41(24(43)44)23(42)22(17)12-20)16-4-7-19(8-5-16)50-51(46,47)30(38,39)28(33,34)27(31,32)29(35,36)37/h4-9,12,18,21H,10-11,13-15H2,1-3H3,(H,43,44)/t18-,21-/m1/s1. The van der Waals surface area contributed by atoms with Crippen molar-refractivity contribution in [1.29, 1.82) is 0 Å². The lowest BCUT2D eigenvalue weighted by molar-refractivity contribution is -0.382. The van der Waals surface area contributed by atoms with Gasteiger partial charge in [0.2, 0.25) is 0 Å². The number of alkyl halides is 9. The molecular weight excluding hydrogens is 735 g/mol. The summed E-state index contributed by atoms with van der Waals surface area (Å²) >= 11 is 0. The number of carboxylic acid groups (broad SMARTS) is 1. The van der Waals surface area contributed by atoms with Crippen LogP contribution in [0.15, 0.2) is 42.5 Å². The van der Waals surface area contributed by atoms with Gasteiger partial charge in [-0.05, 0) is 68.5 Å². The summed E-state index contributed by atoms with van der Waals surface area (Å²) < 4.78 is 159. The molecule has 2 aliphatic heterocycles. The first-order chi connectivity index (χ1) is 23.2. The average molecular weight is 765 g/mol. The molecule has 2 aromatic rings. The largest absolute Gasteiger partial charge is 0.493 e. The molecule has 51 heavy (non-hydrogen) atoms. The predicted octanol–water partition coefficient (Wildman–Crippen LogP) is 6.87. The van der Waals surface area contributed by atoms with Crippen LogP contribution in [0.1, 0.15) is 54.6 Å². The Labute approximate surface area is 284 Å². The highest BCUT2D eigenvalue weighted by molar-refractivity contribution is 7.88. The predicted molar refractivity (Wildman–Crippen MR) is 155 cm³/mol. The minimum atomic E-state index is -7.46. The second-order valence-electron chi connectivity index (χ2n) is 12.7. The van der Waals surface area contributed by atoms with Gasteiger partial charge in [-0.1, -0.05) is 18.2 Å². The van der Waals surface area contributed by atoms with Gasteiger partial charge in [-0.15, -0.1) is 0 Å². The van der Waals surface area contributed by atoms with Gasteiger partial charge >= 0.3 is 45.6 Å². The summed E-state index contributed by atoms with van der Waals surface area (Å²) in [5.41, 5.74) is -0.0119. The second kappa shape index (κ2) is 13.3. The zero-order chi connectivity index (χ0) is 38.5. The monoisotopic (exact) mass is 764 g/mol. The Hall–Kier alpha value is -4.43. The van der Waals surface area contributed by atoms with Crippen LogP contribution in [0.2, 0.25) is 0 Å². The number of benzene rings is 2. The minimum absolute atomic E-state index is 0.00238. The van der Waals surface area contributed by atoms with Crippen molar-refractivity contribution in [1.82, 2.24) is 9.80 Å². The Morgan fingerprint density at radius 2 is 1.49 bits per heavy atom. The molecule has 0 aromatic heterocycles. The van der Waals surface area contributed by atoms with Gasteiger partial charge in [-0.25, -0.2) is 14.5 Å². The van der Waals surface area contributed by atoms with Crippen LogP contribution in [0.25, 0.3) is 0 Å². The van der Waals surface area contributed by atoms with Crippen molar-refractivity contribution in [2.75, 3.05) is 19.7 Å². The highest BCUT2D eigenvalue weighted by Crippen LogP contribution is 2.55. The van der Waals surface area contributed by atoms with Crippen molar-refractivity contribution in [3.63, 3.8) is 0 Å². The van der Waals surface area contributed by atoms with E-state index >= 15 is 0 Å². The summed E-state index contributed by atoms with van der Waals surface area (Å²) in [5, 5.41) is 2.20. The van der Waals surface area contributed by atoms with Crippen LogP contribution in [0.5, 0.6) is 11.5 Å². The smallest absolute Gasteiger partial charge is 0.460 e. The molecule has 2 aliphatic rings. The maximum absolute atomic E-state index is 14.1. The molecule has 2 atom stereocenters. The molecule has 1 N–H and O–H groups in total. The van der Waals surface area contributed by atoms with Crippen molar-refractivity contribution >= 4 is 28.2 Å². The summed E-state index contributed by atoms with van der Waals surface area (Å²) in [6.07, 6.45) is -9.17. The van der Waals surface area contributed by atoms with Gasteiger partial charge in [0.05, 0.1) is 13.2 Å². The number of hydrogen-bond acceptors (Lipinski definition) is 8. The molecule has 1 fully saturated rings. The first kappa shape index (κ1) is 39.4. The molecule has 11 nitrogen and oxygen atoms in total. The molecule has 2 aromatic carbocycles. The van der Waals surface area contributed by atoms with E-state index in [2.05, 4.69) is 4.18 Å². The number of carbonyl (C=O) groups is 3. The van der Waals surface area contributed by atoms with Crippen LogP contribution < -0.4 is 8.92 Å². The van der Waals surface area contributed by atoms with E-state index in [1.807, 2.05) is 0 Å². The number of rotatable bonds is 9. The third-order valence-corrected chi connectivity index (χ3v) is 9.21. The maximum Gasteiger partial charge on any atom is 0.460 e. The van der Waals surface area contributed by atoms with Gasteiger partial charge in [-0.2, -0.15) is 47.9 Å². The SMILES string of the molecule is CC(C)(C)OC(=O)N1CC[C@H](c2ccc(OS(=O)(=O)C(F)(F)C(F)(F)C(F)(F)C(F)(F)F)cc2)[C@@H](COc2ccc3c(c2)C(=O)N(C(=O)O)C3)C1. The minimum Gasteiger partial charge on any atom is -0.493 e. The molecule has 0 bridgehead atoms. The molecule has 0 aliphatic carbocycles. The molecule has 0 saturated carbocycles. The van der Waals surface area contributed by atoms with Gasteiger partial charge in [0.15, 0.2) is 0 Å². The molecule has 21 heteroatoms. The van der Waals surface area contributed by atoms with E-state index in [0.717, 1.165) is 12.1 Å². The lowest BCUT2D eigenvalue weighted by atomic mass is 9.81. The molecule has 3 amide bonds. The number of likely N-dealkylation sites (tertiary alicyclic amines) is 1. The van der Waals surface area contributed by atoms with Crippen molar-refractivity contribution in [3.05, 3.63) is 59.2 Å². The fourth-order valence-corrected chi connectivity index (χ4v) is 6.24. The summed E-state index contributed by atoms with van der Waals surface area (Å²) in [4.78, 5) is 38.7. The summed E-state index contributed by atoms with van der Waals surface area (Å²) in [6, 6.07) is 7.87. The molecule has 2 heterocycles. The molecule has 0 spiro atoms.